The summed E-state index contributed by atoms with van der Waals surface area (Å²) >= 11 is 0. The fraction of sp³-hybridized carbons (Fsp3) is 0.167. The molecule has 1 saturated heterocycles. The minimum Gasteiger partial charge on any atom is -0.410 e. The van der Waals surface area contributed by atoms with E-state index in [1.165, 1.54) is 24.1 Å². The van der Waals surface area contributed by atoms with Crippen molar-refractivity contribution in [3.8, 4) is 5.75 Å². The van der Waals surface area contributed by atoms with Gasteiger partial charge in [0.05, 0.1) is 10.6 Å². The van der Waals surface area contributed by atoms with Crippen LogP contribution in [0.5, 0.6) is 5.75 Å². The van der Waals surface area contributed by atoms with Crippen molar-refractivity contribution in [1.82, 2.24) is 9.88 Å². The topological polar surface area (TPSA) is 126 Å². The number of amides is 4. The van der Waals surface area contributed by atoms with E-state index < -0.39 is 44.3 Å². The number of alkyl halides is 3. The highest BCUT2D eigenvalue weighted by Gasteiger charge is 2.47. The fourth-order valence-electron chi connectivity index (χ4n) is 3.62. The molecule has 2 heterocycles. The largest absolute Gasteiger partial charge is 0.501 e. The number of hydrogen-bond acceptors (Lipinski definition) is 7. The van der Waals surface area contributed by atoms with Crippen molar-refractivity contribution in [3.05, 3.63) is 78.5 Å². The third-order valence-corrected chi connectivity index (χ3v) is 7.06. The Hall–Kier alpha value is -4.46. The summed E-state index contributed by atoms with van der Waals surface area (Å²) in [5.41, 5.74) is -5.07. The van der Waals surface area contributed by atoms with E-state index in [1.807, 2.05) is 0 Å². The van der Waals surface area contributed by atoms with Crippen molar-refractivity contribution in [2.45, 2.75) is 29.9 Å². The SMILES string of the molecule is CC1C(=O)N(c2ccc(S(=O)(=O)C(F)(F)F)cc2)C(=O)N1Cc1ccnc(NC(=O)Oc2ccccc2)c1. The molecule has 3 aromatic rings. The molecule has 1 aromatic heterocycles. The number of aromatic nitrogens is 1. The van der Waals surface area contributed by atoms with Crippen LogP contribution in [0.1, 0.15) is 12.5 Å². The summed E-state index contributed by atoms with van der Waals surface area (Å²) in [5.74, 6) is -0.201. The Morgan fingerprint density at radius 2 is 1.71 bits per heavy atom. The Morgan fingerprint density at radius 3 is 2.34 bits per heavy atom. The number of benzene rings is 2. The number of rotatable bonds is 6. The number of ether oxygens (including phenoxy) is 1. The molecule has 1 N–H and O–H groups in total. The van der Waals surface area contributed by atoms with Crippen molar-refractivity contribution in [3.63, 3.8) is 0 Å². The smallest absolute Gasteiger partial charge is 0.410 e. The molecule has 0 radical (unpaired) electrons. The first kappa shape index (κ1) is 26.6. The maximum atomic E-state index is 13.1. The molecule has 0 bridgehead atoms. The quantitative estimate of drug-likeness (QED) is 0.454. The van der Waals surface area contributed by atoms with Gasteiger partial charge < -0.3 is 9.64 Å². The molecule has 14 heteroatoms. The van der Waals surface area contributed by atoms with Gasteiger partial charge in [0.2, 0.25) is 0 Å². The van der Waals surface area contributed by atoms with E-state index in [9.17, 15) is 36.0 Å². The Kier molecular flexibility index (Phi) is 7.09. The molecule has 0 aliphatic carbocycles. The lowest BCUT2D eigenvalue weighted by Crippen LogP contribution is -2.33. The summed E-state index contributed by atoms with van der Waals surface area (Å²) in [7, 11) is -5.58. The minimum atomic E-state index is -5.58. The van der Waals surface area contributed by atoms with Crippen LogP contribution in [0.15, 0.2) is 77.8 Å². The highest BCUT2D eigenvalue weighted by atomic mass is 32.2. The first-order valence-electron chi connectivity index (χ1n) is 10.9. The van der Waals surface area contributed by atoms with Crippen LogP contribution in [0.3, 0.4) is 0 Å². The number of carbonyl (C=O) groups is 3. The van der Waals surface area contributed by atoms with Crippen molar-refractivity contribution in [2.24, 2.45) is 0 Å². The van der Waals surface area contributed by atoms with Gasteiger partial charge in [-0.1, -0.05) is 18.2 Å². The van der Waals surface area contributed by atoms with Gasteiger partial charge in [0, 0.05) is 12.7 Å². The highest BCUT2D eigenvalue weighted by molar-refractivity contribution is 7.92. The highest BCUT2D eigenvalue weighted by Crippen LogP contribution is 2.33. The first-order chi connectivity index (χ1) is 17.9. The Balaban J connectivity index is 1.47. The lowest BCUT2D eigenvalue weighted by atomic mass is 10.2. The van der Waals surface area contributed by atoms with Crippen LogP contribution in [-0.2, 0) is 21.2 Å². The molecule has 4 amide bonds. The van der Waals surface area contributed by atoms with Crippen LogP contribution in [0, 0.1) is 0 Å². The number of nitrogens with zero attached hydrogens (tertiary/aromatic N) is 3. The summed E-state index contributed by atoms with van der Waals surface area (Å²) in [6, 6.07) is 13.0. The molecule has 1 fully saturated rings. The number of para-hydroxylation sites is 1. The van der Waals surface area contributed by atoms with E-state index >= 15 is 0 Å². The van der Waals surface area contributed by atoms with Gasteiger partial charge in [-0.05, 0) is 61.0 Å². The second kappa shape index (κ2) is 10.1. The summed E-state index contributed by atoms with van der Waals surface area (Å²) in [6.45, 7) is 1.41. The zero-order valence-corrected chi connectivity index (χ0v) is 20.4. The Morgan fingerprint density at radius 1 is 1.05 bits per heavy atom. The van der Waals surface area contributed by atoms with E-state index in [0.29, 0.717) is 23.4 Å². The van der Waals surface area contributed by atoms with Gasteiger partial charge in [-0.25, -0.2) is 27.9 Å². The predicted molar refractivity (Wildman–Crippen MR) is 128 cm³/mol. The van der Waals surface area contributed by atoms with E-state index in [-0.39, 0.29) is 18.1 Å². The number of imide groups is 1. The van der Waals surface area contributed by atoms with Gasteiger partial charge in [-0.3, -0.25) is 10.1 Å². The number of nitrogens with one attached hydrogen (secondary N) is 1. The average molecular weight is 548 g/mol. The van der Waals surface area contributed by atoms with Crippen LogP contribution in [0.25, 0.3) is 0 Å². The first-order valence-corrected chi connectivity index (χ1v) is 12.4. The van der Waals surface area contributed by atoms with Crippen LogP contribution >= 0.6 is 0 Å². The predicted octanol–water partition coefficient (Wildman–Crippen LogP) is 4.34. The van der Waals surface area contributed by atoms with E-state index in [1.54, 1.807) is 36.4 Å². The minimum absolute atomic E-state index is 0.0618. The number of sulfone groups is 1. The molecule has 198 valence electrons. The molecule has 1 aliphatic heterocycles. The molecule has 38 heavy (non-hydrogen) atoms. The number of pyridine rings is 1. The van der Waals surface area contributed by atoms with Crippen molar-refractivity contribution < 1.29 is 40.7 Å². The molecule has 1 aliphatic rings. The van der Waals surface area contributed by atoms with Gasteiger partial charge in [0.25, 0.3) is 15.7 Å². The van der Waals surface area contributed by atoms with E-state index in [0.717, 1.165) is 17.0 Å². The Bertz CT molecular complexity index is 1480. The number of halogens is 3. The van der Waals surface area contributed by atoms with E-state index in [2.05, 4.69) is 10.3 Å². The maximum Gasteiger partial charge on any atom is 0.501 e. The second-order valence-electron chi connectivity index (χ2n) is 8.08. The van der Waals surface area contributed by atoms with Crippen molar-refractivity contribution >= 4 is 39.4 Å². The third kappa shape index (κ3) is 5.29. The number of carbonyl (C=O) groups excluding carboxylic acids is 3. The maximum absolute atomic E-state index is 13.1. The van der Waals surface area contributed by atoms with Crippen LogP contribution in [-0.4, -0.2) is 47.9 Å². The molecule has 1 unspecified atom stereocenters. The molecule has 1 atom stereocenters. The summed E-state index contributed by atoms with van der Waals surface area (Å²) in [5, 5.41) is 2.47. The summed E-state index contributed by atoms with van der Waals surface area (Å²) in [4.78, 5) is 43.0. The molecule has 2 aromatic carbocycles. The molecule has 4 rings (SSSR count). The number of hydrogen-bond donors (Lipinski definition) is 1. The van der Waals surface area contributed by atoms with Gasteiger partial charge in [0.1, 0.15) is 17.6 Å². The third-order valence-electron chi connectivity index (χ3n) is 5.55. The monoisotopic (exact) mass is 548 g/mol. The number of urea groups is 1. The van der Waals surface area contributed by atoms with Crippen LogP contribution < -0.4 is 15.0 Å². The molecule has 0 saturated carbocycles. The summed E-state index contributed by atoms with van der Waals surface area (Å²) in [6.07, 6.45) is 0.599. The molecular formula is C24H19F3N4O6S. The fourth-order valence-corrected chi connectivity index (χ4v) is 4.38. The standard InChI is InChI=1S/C24H19F3N4O6S/c1-15-21(32)31(17-7-9-19(10-8-17)38(35,36)24(25,26)27)23(34)30(15)14-16-11-12-28-20(13-16)29-22(33)37-18-5-3-2-4-6-18/h2-13,15H,14H2,1H3,(H,28,29,33). The number of anilines is 2. The van der Waals surface area contributed by atoms with Gasteiger partial charge in [-0.15, -0.1) is 0 Å². The lowest BCUT2D eigenvalue weighted by Gasteiger charge is -2.20. The molecule has 0 spiro atoms. The van der Waals surface area contributed by atoms with Gasteiger partial charge >= 0.3 is 17.6 Å². The lowest BCUT2D eigenvalue weighted by molar-refractivity contribution is -0.119. The van der Waals surface area contributed by atoms with Gasteiger partial charge in [0.15, 0.2) is 0 Å². The zero-order valence-electron chi connectivity index (χ0n) is 19.5. The average Bonchev–Trinajstić information content (AvgIpc) is 3.07. The normalized spacial score (nSPS) is 16.1. The van der Waals surface area contributed by atoms with Crippen LogP contribution in [0.4, 0.5) is 34.3 Å². The zero-order chi connectivity index (χ0) is 27.7. The van der Waals surface area contributed by atoms with Gasteiger partial charge in [-0.2, -0.15) is 13.2 Å². The second-order valence-corrected chi connectivity index (χ2v) is 10.0. The molecular weight excluding hydrogens is 529 g/mol. The van der Waals surface area contributed by atoms with Crippen LogP contribution in [0.2, 0.25) is 0 Å². The van der Waals surface area contributed by atoms with Crippen molar-refractivity contribution in [2.75, 3.05) is 10.2 Å². The van der Waals surface area contributed by atoms with E-state index in [4.69, 9.17) is 4.74 Å². The molecule has 10 nitrogen and oxygen atoms in total. The van der Waals surface area contributed by atoms with Crippen molar-refractivity contribution in [1.29, 1.82) is 0 Å². The summed E-state index contributed by atoms with van der Waals surface area (Å²) < 4.78 is 66.7. The Labute approximate surface area is 214 Å².